The van der Waals surface area contributed by atoms with Crippen LogP contribution in [0.25, 0.3) is 0 Å². The van der Waals surface area contributed by atoms with E-state index in [1.165, 1.54) is 5.56 Å². The molecule has 0 saturated carbocycles. The van der Waals surface area contributed by atoms with Crippen LogP contribution in [-0.4, -0.2) is 39.4 Å². The van der Waals surface area contributed by atoms with Gasteiger partial charge in [-0.15, -0.1) is 24.0 Å². The first-order chi connectivity index (χ1) is 14.2. The molecule has 1 aromatic heterocycles. The zero-order chi connectivity index (χ0) is 20.5. The van der Waals surface area contributed by atoms with Crippen LogP contribution in [0.2, 0.25) is 0 Å². The van der Waals surface area contributed by atoms with E-state index in [0.717, 1.165) is 63.4 Å². The molecule has 3 rings (SSSR count). The molecule has 7 nitrogen and oxygen atoms in total. The molecule has 0 saturated heterocycles. The second-order valence-electron chi connectivity index (χ2n) is 7.71. The number of aliphatic imine (C=N–C) groups is 1. The van der Waals surface area contributed by atoms with Gasteiger partial charge in [-0.25, -0.2) is 9.48 Å². The lowest BCUT2D eigenvalue weighted by Gasteiger charge is -2.18. The Hall–Kier alpha value is -1.84. The van der Waals surface area contributed by atoms with Crippen LogP contribution in [0.3, 0.4) is 0 Å². The third kappa shape index (κ3) is 7.14. The minimum absolute atomic E-state index is 0. The molecule has 0 bridgehead atoms. The molecule has 2 aromatic rings. The van der Waals surface area contributed by atoms with Crippen molar-refractivity contribution in [2.24, 2.45) is 4.99 Å². The molecular formula is C22H35IN6O. The molecule has 166 valence electrons. The lowest BCUT2D eigenvalue weighted by atomic mass is 10.1. The maximum atomic E-state index is 12.4. The molecule has 0 amide bonds. The fourth-order valence-corrected chi connectivity index (χ4v) is 3.66. The molecular weight excluding hydrogens is 491 g/mol. The van der Waals surface area contributed by atoms with Gasteiger partial charge in [0.05, 0.1) is 0 Å². The van der Waals surface area contributed by atoms with Crippen LogP contribution in [-0.2, 0) is 25.9 Å². The summed E-state index contributed by atoms with van der Waals surface area (Å²) in [4.78, 5) is 17.1. The van der Waals surface area contributed by atoms with E-state index in [1.54, 1.807) is 4.68 Å². The molecule has 0 aliphatic carbocycles. The van der Waals surface area contributed by atoms with Crippen LogP contribution in [0.1, 0.15) is 50.9 Å². The third-order valence-corrected chi connectivity index (χ3v) is 5.27. The van der Waals surface area contributed by atoms with E-state index < -0.39 is 0 Å². The highest BCUT2D eigenvalue weighted by molar-refractivity contribution is 14.0. The molecule has 1 aliphatic heterocycles. The summed E-state index contributed by atoms with van der Waals surface area (Å²) in [6.07, 6.45) is 6.00. The van der Waals surface area contributed by atoms with Gasteiger partial charge in [0.1, 0.15) is 5.82 Å². The molecule has 2 N–H and O–H groups in total. The Balaban J connectivity index is 0.00000320. The first-order valence-electron chi connectivity index (χ1n) is 10.9. The van der Waals surface area contributed by atoms with Crippen LogP contribution in [0, 0.1) is 0 Å². The van der Waals surface area contributed by atoms with Crippen molar-refractivity contribution in [3.8, 4) is 0 Å². The first kappa shape index (κ1) is 24.4. The van der Waals surface area contributed by atoms with Crippen molar-refractivity contribution in [1.82, 2.24) is 25.0 Å². The van der Waals surface area contributed by atoms with Crippen molar-refractivity contribution in [2.45, 2.75) is 71.5 Å². The summed E-state index contributed by atoms with van der Waals surface area (Å²) in [5, 5.41) is 11.3. The van der Waals surface area contributed by atoms with Gasteiger partial charge >= 0.3 is 5.69 Å². The fourth-order valence-electron chi connectivity index (χ4n) is 3.66. The van der Waals surface area contributed by atoms with E-state index in [0.29, 0.717) is 19.1 Å². The van der Waals surface area contributed by atoms with Gasteiger partial charge in [0.15, 0.2) is 5.96 Å². The molecule has 1 atom stereocenters. The number of guanidine groups is 1. The number of halogens is 1. The maximum absolute atomic E-state index is 12.4. The van der Waals surface area contributed by atoms with E-state index in [-0.39, 0.29) is 29.7 Å². The van der Waals surface area contributed by atoms with E-state index in [4.69, 9.17) is 0 Å². The maximum Gasteiger partial charge on any atom is 0.345 e. The number of benzene rings is 1. The second-order valence-corrected chi connectivity index (χ2v) is 7.71. The van der Waals surface area contributed by atoms with E-state index in [9.17, 15) is 4.79 Å². The molecule has 0 spiro atoms. The normalized spacial score (nSPS) is 14.5. The average Bonchev–Trinajstić information content (AvgIpc) is 3.06. The largest absolute Gasteiger partial charge is 0.357 e. The Morgan fingerprint density at radius 3 is 2.80 bits per heavy atom. The zero-order valence-corrected chi connectivity index (χ0v) is 20.5. The van der Waals surface area contributed by atoms with Crippen molar-refractivity contribution in [3.05, 3.63) is 52.2 Å². The van der Waals surface area contributed by atoms with Gasteiger partial charge in [-0.2, -0.15) is 5.10 Å². The summed E-state index contributed by atoms with van der Waals surface area (Å²) in [5.74, 6) is 1.77. The Kier molecular flexibility index (Phi) is 10.4. The quantitative estimate of drug-likeness (QED) is 0.228. The molecule has 2 heterocycles. The number of nitrogens with zero attached hydrogens (tertiary/aromatic N) is 4. The minimum Gasteiger partial charge on any atom is -0.357 e. The Labute approximate surface area is 196 Å². The summed E-state index contributed by atoms with van der Waals surface area (Å²) in [6.45, 7) is 7.17. The van der Waals surface area contributed by atoms with Crippen molar-refractivity contribution in [1.29, 1.82) is 0 Å². The van der Waals surface area contributed by atoms with Gasteiger partial charge in [-0.05, 0) is 51.5 Å². The number of hydrogen-bond acceptors (Lipinski definition) is 3. The van der Waals surface area contributed by atoms with Crippen LogP contribution in [0.4, 0.5) is 0 Å². The number of hydrogen-bond donors (Lipinski definition) is 2. The number of aryl methyl sites for hydroxylation is 3. The van der Waals surface area contributed by atoms with Crippen LogP contribution >= 0.6 is 24.0 Å². The highest BCUT2D eigenvalue weighted by atomic mass is 127. The predicted molar refractivity (Wildman–Crippen MR) is 133 cm³/mol. The van der Waals surface area contributed by atoms with Gasteiger partial charge in [0.2, 0.25) is 0 Å². The molecule has 1 aliphatic rings. The molecule has 1 aromatic carbocycles. The fraction of sp³-hybridized carbons (Fsp3) is 0.591. The van der Waals surface area contributed by atoms with Crippen LogP contribution < -0.4 is 16.3 Å². The monoisotopic (exact) mass is 526 g/mol. The molecule has 0 fully saturated rings. The van der Waals surface area contributed by atoms with Gasteiger partial charge < -0.3 is 10.6 Å². The predicted octanol–water partition coefficient (Wildman–Crippen LogP) is 2.97. The molecule has 0 radical (unpaired) electrons. The zero-order valence-electron chi connectivity index (χ0n) is 18.1. The Morgan fingerprint density at radius 2 is 2.07 bits per heavy atom. The topological polar surface area (TPSA) is 76.2 Å². The van der Waals surface area contributed by atoms with E-state index >= 15 is 0 Å². The summed E-state index contributed by atoms with van der Waals surface area (Å²) in [6, 6.07) is 10.9. The van der Waals surface area contributed by atoms with Crippen molar-refractivity contribution in [2.75, 3.05) is 13.1 Å². The smallest absolute Gasteiger partial charge is 0.345 e. The SMILES string of the molecule is CCNC(=NCCCn1nc2n(c1=O)CCCC2)NC(C)CCc1ccccc1.I. The Bertz CT molecular complexity index is 845. The first-order valence-corrected chi connectivity index (χ1v) is 10.9. The van der Waals surface area contributed by atoms with Gasteiger partial charge in [0, 0.05) is 38.6 Å². The number of rotatable bonds is 9. The second kappa shape index (κ2) is 12.8. The minimum atomic E-state index is 0. The third-order valence-electron chi connectivity index (χ3n) is 5.27. The van der Waals surface area contributed by atoms with Crippen molar-refractivity contribution in [3.63, 3.8) is 0 Å². The summed E-state index contributed by atoms with van der Waals surface area (Å²) in [5.41, 5.74) is 1.39. The summed E-state index contributed by atoms with van der Waals surface area (Å²) < 4.78 is 3.44. The van der Waals surface area contributed by atoms with E-state index in [2.05, 4.69) is 58.8 Å². The molecule has 8 heteroatoms. The average molecular weight is 526 g/mol. The molecule has 1 unspecified atom stereocenters. The highest BCUT2D eigenvalue weighted by Gasteiger charge is 2.16. The summed E-state index contributed by atoms with van der Waals surface area (Å²) in [7, 11) is 0. The van der Waals surface area contributed by atoms with Crippen LogP contribution in [0.15, 0.2) is 40.1 Å². The lowest BCUT2D eigenvalue weighted by Crippen LogP contribution is -2.42. The number of nitrogens with one attached hydrogen (secondary N) is 2. The van der Waals surface area contributed by atoms with Gasteiger partial charge in [-0.1, -0.05) is 30.3 Å². The summed E-state index contributed by atoms with van der Waals surface area (Å²) >= 11 is 0. The Morgan fingerprint density at radius 1 is 1.27 bits per heavy atom. The number of fused-ring (bicyclic) bond motifs is 1. The highest BCUT2D eigenvalue weighted by Crippen LogP contribution is 2.09. The van der Waals surface area contributed by atoms with Crippen molar-refractivity contribution >= 4 is 29.9 Å². The lowest BCUT2D eigenvalue weighted by molar-refractivity contribution is 0.509. The van der Waals surface area contributed by atoms with Gasteiger partial charge in [0.25, 0.3) is 0 Å². The molecule has 30 heavy (non-hydrogen) atoms. The van der Waals surface area contributed by atoms with Crippen LogP contribution in [0.5, 0.6) is 0 Å². The number of aromatic nitrogens is 3. The standard InChI is InChI=1S/C22H34N6O.HI/c1-3-23-21(25-18(2)13-14-19-10-5-4-6-11-19)24-15-9-17-28-22(29)27-16-8-7-12-20(27)26-28;/h4-6,10-11,18H,3,7-9,12-17H2,1-2H3,(H2,23,24,25);1H. The van der Waals surface area contributed by atoms with E-state index in [1.807, 2.05) is 10.6 Å². The van der Waals surface area contributed by atoms with Gasteiger partial charge in [-0.3, -0.25) is 9.56 Å². The van der Waals surface area contributed by atoms with Crippen molar-refractivity contribution < 1.29 is 0 Å².